The molecule has 1 aromatic rings. The minimum Gasteiger partial charge on any atom is -0.465 e. The van der Waals surface area contributed by atoms with Crippen LogP contribution in [0.3, 0.4) is 0 Å². The summed E-state index contributed by atoms with van der Waals surface area (Å²) in [6.45, 7) is 2.43. The second-order valence-corrected chi connectivity index (χ2v) is 3.92. The minimum atomic E-state index is -0.374. The van der Waals surface area contributed by atoms with Gasteiger partial charge in [0.25, 0.3) is 0 Å². The Morgan fingerprint density at radius 3 is 2.53 bits per heavy atom. The van der Waals surface area contributed by atoms with Crippen molar-refractivity contribution in [3.05, 3.63) is 29.3 Å². The number of amides is 1. The lowest BCUT2D eigenvalue weighted by molar-refractivity contribution is -0.116. The number of ether oxygens (including phenoxy) is 1. The average molecular weight is 287 g/mol. The molecule has 1 aromatic carbocycles. The summed E-state index contributed by atoms with van der Waals surface area (Å²) in [5, 5.41) is 5.68. The standard InChI is InChI=1S/C13H18N2O3.ClH/c1-9-8-10(15-12(16)6-7-14-2)4-5-11(9)13(17)18-3;/h4-5,8,14H,6-7H2,1-3H3,(H,15,16);1H. The third-order valence-corrected chi connectivity index (χ3v) is 2.52. The summed E-state index contributed by atoms with van der Waals surface area (Å²) in [6.07, 6.45) is 0.411. The van der Waals surface area contributed by atoms with Crippen LogP contribution in [0.5, 0.6) is 0 Å². The van der Waals surface area contributed by atoms with E-state index in [0.29, 0.717) is 24.2 Å². The van der Waals surface area contributed by atoms with Gasteiger partial charge in [0.1, 0.15) is 0 Å². The Labute approximate surface area is 119 Å². The maximum absolute atomic E-state index is 11.5. The van der Waals surface area contributed by atoms with Gasteiger partial charge < -0.3 is 15.4 Å². The number of carbonyl (C=O) groups excluding carboxylic acids is 2. The summed E-state index contributed by atoms with van der Waals surface area (Å²) in [7, 11) is 3.14. The normalized spacial score (nSPS) is 9.42. The van der Waals surface area contributed by atoms with E-state index in [0.717, 1.165) is 5.56 Å². The predicted octanol–water partition coefficient (Wildman–Crippen LogP) is 1.75. The molecule has 0 aromatic heterocycles. The number of anilines is 1. The topological polar surface area (TPSA) is 67.4 Å². The quantitative estimate of drug-likeness (QED) is 0.809. The van der Waals surface area contributed by atoms with Gasteiger partial charge in [-0.3, -0.25) is 4.79 Å². The Bertz CT molecular complexity index is 450. The number of carbonyl (C=O) groups is 2. The maximum Gasteiger partial charge on any atom is 0.338 e. The van der Waals surface area contributed by atoms with Gasteiger partial charge in [-0.05, 0) is 37.7 Å². The molecule has 6 heteroatoms. The lowest BCUT2D eigenvalue weighted by Crippen LogP contribution is -2.18. The van der Waals surface area contributed by atoms with Crippen LogP contribution in [0.1, 0.15) is 22.3 Å². The molecule has 19 heavy (non-hydrogen) atoms. The van der Waals surface area contributed by atoms with Crippen LogP contribution in [0.2, 0.25) is 0 Å². The van der Waals surface area contributed by atoms with E-state index in [-0.39, 0.29) is 24.3 Å². The van der Waals surface area contributed by atoms with Crippen molar-refractivity contribution in [3.63, 3.8) is 0 Å². The summed E-state index contributed by atoms with van der Waals surface area (Å²) in [4.78, 5) is 22.9. The molecule has 0 aliphatic carbocycles. The molecule has 0 atom stereocenters. The molecule has 2 N–H and O–H groups in total. The highest BCUT2D eigenvalue weighted by molar-refractivity contribution is 5.94. The molecule has 1 rings (SSSR count). The van der Waals surface area contributed by atoms with Crippen molar-refractivity contribution in [1.29, 1.82) is 0 Å². The molecular formula is C13H19ClN2O3. The molecule has 0 saturated heterocycles. The second-order valence-electron chi connectivity index (χ2n) is 3.92. The van der Waals surface area contributed by atoms with Crippen molar-refractivity contribution in [3.8, 4) is 0 Å². The molecular weight excluding hydrogens is 268 g/mol. The van der Waals surface area contributed by atoms with Crippen LogP contribution in [0.15, 0.2) is 18.2 Å². The van der Waals surface area contributed by atoms with Gasteiger partial charge in [-0.1, -0.05) is 0 Å². The van der Waals surface area contributed by atoms with E-state index >= 15 is 0 Å². The third kappa shape index (κ3) is 5.28. The van der Waals surface area contributed by atoms with Crippen LogP contribution >= 0.6 is 12.4 Å². The number of hydrogen-bond acceptors (Lipinski definition) is 4. The molecule has 0 saturated carbocycles. The van der Waals surface area contributed by atoms with Crippen LogP contribution in [0.4, 0.5) is 5.69 Å². The van der Waals surface area contributed by atoms with Crippen LogP contribution in [-0.2, 0) is 9.53 Å². The first-order valence-electron chi connectivity index (χ1n) is 5.72. The van der Waals surface area contributed by atoms with Crippen LogP contribution < -0.4 is 10.6 Å². The van der Waals surface area contributed by atoms with Gasteiger partial charge in [0, 0.05) is 18.7 Å². The van der Waals surface area contributed by atoms with Gasteiger partial charge in [-0.2, -0.15) is 0 Å². The van der Waals surface area contributed by atoms with Gasteiger partial charge in [0.05, 0.1) is 12.7 Å². The molecule has 106 valence electrons. The monoisotopic (exact) mass is 286 g/mol. The molecule has 0 aliphatic heterocycles. The summed E-state index contributed by atoms with van der Waals surface area (Å²) >= 11 is 0. The van der Waals surface area contributed by atoms with E-state index in [1.165, 1.54) is 7.11 Å². The van der Waals surface area contributed by atoms with Crippen molar-refractivity contribution >= 4 is 30.0 Å². The van der Waals surface area contributed by atoms with Crippen molar-refractivity contribution in [1.82, 2.24) is 5.32 Å². The van der Waals surface area contributed by atoms with E-state index < -0.39 is 0 Å². The van der Waals surface area contributed by atoms with Crippen LogP contribution in [0.25, 0.3) is 0 Å². The molecule has 0 heterocycles. The fraction of sp³-hybridized carbons (Fsp3) is 0.385. The van der Waals surface area contributed by atoms with Crippen molar-refractivity contribution in [2.45, 2.75) is 13.3 Å². The summed E-state index contributed by atoms with van der Waals surface area (Å²) in [5.41, 5.74) is 1.96. The van der Waals surface area contributed by atoms with E-state index in [1.807, 2.05) is 0 Å². The predicted molar refractivity (Wildman–Crippen MR) is 76.9 cm³/mol. The Balaban J connectivity index is 0.00000324. The number of rotatable bonds is 5. The molecule has 0 bridgehead atoms. The van der Waals surface area contributed by atoms with E-state index in [1.54, 1.807) is 32.2 Å². The fourth-order valence-corrected chi connectivity index (χ4v) is 1.54. The first-order chi connectivity index (χ1) is 8.58. The number of benzene rings is 1. The number of methoxy groups -OCH3 is 1. The van der Waals surface area contributed by atoms with Gasteiger partial charge >= 0.3 is 5.97 Å². The number of esters is 1. The van der Waals surface area contributed by atoms with Gasteiger partial charge in [0.2, 0.25) is 5.91 Å². The van der Waals surface area contributed by atoms with E-state index in [4.69, 9.17) is 0 Å². The number of aryl methyl sites for hydroxylation is 1. The lowest BCUT2D eigenvalue weighted by Gasteiger charge is -2.08. The van der Waals surface area contributed by atoms with E-state index in [9.17, 15) is 9.59 Å². The summed E-state index contributed by atoms with van der Waals surface area (Å²) < 4.78 is 4.66. The Morgan fingerprint density at radius 2 is 2.00 bits per heavy atom. The Hall–Kier alpha value is -1.59. The number of nitrogens with one attached hydrogen (secondary N) is 2. The zero-order valence-corrected chi connectivity index (χ0v) is 12.1. The molecule has 5 nitrogen and oxygen atoms in total. The highest BCUT2D eigenvalue weighted by Gasteiger charge is 2.10. The zero-order chi connectivity index (χ0) is 13.5. The van der Waals surface area contributed by atoms with Crippen molar-refractivity contribution in [2.75, 3.05) is 26.0 Å². The highest BCUT2D eigenvalue weighted by Crippen LogP contribution is 2.16. The smallest absolute Gasteiger partial charge is 0.338 e. The average Bonchev–Trinajstić information content (AvgIpc) is 2.35. The van der Waals surface area contributed by atoms with Gasteiger partial charge in [0.15, 0.2) is 0 Å². The maximum atomic E-state index is 11.5. The largest absolute Gasteiger partial charge is 0.465 e. The molecule has 0 spiro atoms. The molecule has 0 aliphatic rings. The zero-order valence-electron chi connectivity index (χ0n) is 11.3. The number of hydrogen-bond donors (Lipinski definition) is 2. The van der Waals surface area contributed by atoms with E-state index in [2.05, 4.69) is 15.4 Å². The van der Waals surface area contributed by atoms with Crippen LogP contribution in [-0.4, -0.2) is 32.6 Å². The summed E-state index contributed by atoms with van der Waals surface area (Å²) in [6, 6.07) is 5.09. The van der Waals surface area contributed by atoms with Crippen LogP contribution in [0, 0.1) is 6.92 Å². The molecule has 0 radical (unpaired) electrons. The first kappa shape index (κ1) is 17.4. The molecule has 1 amide bonds. The highest BCUT2D eigenvalue weighted by atomic mass is 35.5. The van der Waals surface area contributed by atoms with Crippen molar-refractivity contribution < 1.29 is 14.3 Å². The van der Waals surface area contributed by atoms with Gasteiger partial charge in [-0.15, -0.1) is 12.4 Å². The Morgan fingerprint density at radius 1 is 1.32 bits per heavy atom. The van der Waals surface area contributed by atoms with Gasteiger partial charge in [-0.25, -0.2) is 4.79 Å². The third-order valence-electron chi connectivity index (χ3n) is 2.52. The molecule has 0 unspecified atom stereocenters. The lowest BCUT2D eigenvalue weighted by atomic mass is 10.1. The SMILES string of the molecule is CNCCC(=O)Nc1ccc(C(=O)OC)c(C)c1.Cl. The first-order valence-corrected chi connectivity index (χ1v) is 5.72. The van der Waals surface area contributed by atoms with Crippen molar-refractivity contribution in [2.24, 2.45) is 0 Å². The molecule has 0 fully saturated rings. The Kier molecular flexibility index (Phi) is 7.79. The minimum absolute atomic E-state index is 0. The number of halogens is 1. The summed E-state index contributed by atoms with van der Waals surface area (Å²) in [5.74, 6) is -0.435. The second kappa shape index (κ2) is 8.50. The fourth-order valence-electron chi connectivity index (χ4n) is 1.54.